The summed E-state index contributed by atoms with van der Waals surface area (Å²) in [6.45, 7) is 1.28. The number of rotatable bonds is 2. The molecule has 0 atom stereocenters. The van der Waals surface area contributed by atoms with E-state index in [0.29, 0.717) is 11.3 Å². The molecule has 0 radical (unpaired) electrons. The van der Waals surface area contributed by atoms with Gasteiger partial charge in [0.1, 0.15) is 0 Å². The van der Waals surface area contributed by atoms with Gasteiger partial charge in [-0.1, -0.05) is 11.3 Å². The van der Waals surface area contributed by atoms with Crippen molar-refractivity contribution in [2.24, 2.45) is 5.14 Å². The van der Waals surface area contributed by atoms with Crippen LogP contribution in [0.2, 0.25) is 0 Å². The number of aromatic nitrogens is 2. The van der Waals surface area contributed by atoms with Crippen LogP contribution in [-0.2, 0) is 14.8 Å². The van der Waals surface area contributed by atoms with Gasteiger partial charge in [-0.15, -0.1) is 10.2 Å². The van der Waals surface area contributed by atoms with Crippen molar-refractivity contribution >= 4 is 32.4 Å². The molecule has 0 spiro atoms. The summed E-state index contributed by atoms with van der Waals surface area (Å²) in [5.74, 6) is -0.350. The Balaban J connectivity index is 0.00000169. The van der Waals surface area contributed by atoms with E-state index in [2.05, 4.69) is 15.5 Å². The first-order valence-electron chi connectivity index (χ1n) is 3.03. The van der Waals surface area contributed by atoms with E-state index >= 15 is 0 Å². The van der Waals surface area contributed by atoms with Crippen LogP contribution in [0.1, 0.15) is 6.92 Å². The number of anilines is 1. The molecular weight excluding hydrogens is 239 g/mol. The van der Waals surface area contributed by atoms with Gasteiger partial charge in [0.05, 0.1) is 0 Å². The summed E-state index contributed by atoms with van der Waals surface area (Å²) in [5.41, 5.74) is 0. The first-order chi connectivity index (χ1) is 5.89. The maximum atomic E-state index is 10.7. The zero-order valence-electron chi connectivity index (χ0n) is 7.51. The van der Waals surface area contributed by atoms with E-state index in [-0.39, 0.29) is 44.9 Å². The van der Waals surface area contributed by atoms with Gasteiger partial charge in [0.2, 0.25) is 15.4 Å². The van der Waals surface area contributed by atoms with Crippen LogP contribution < -0.4 is 40.0 Å². The fourth-order valence-electron chi connectivity index (χ4n) is 0.526. The molecule has 0 fully saturated rings. The second-order valence-corrected chi connectivity index (χ2v) is 4.81. The molecule has 10 heteroatoms. The summed E-state index contributed by atoms with van der Waals surface area (Å²) < 4.78 is 21.1. The Morgan fingerprint density at radius 1 is 1.50 bits per heavy atom. The molecule has 1 amide bonds. The summed E-state index contributed by atoms with van der Waals surface area (Å²) in [4.78, 5) is 10.5. The molecule has 0 aliphatic heterocycles. The number of primary sulfonamides is 1. The number of carbonyl (C=O) groups excluding carboxylic acids is 1. The number of nitrogens with one attached hydrogen (secondary N) is 1. The van der Waals surface area contributed by atoms with Crippen molar-refractivity contribution in [2.75, 3.05) is 5.32 Å². The Morgan fingerprint density at radius 2 is 2.07 bits per heavy atom. The van der Waals surface area contributed by atoms with Crippen molar-refractivity contribution < 1.29 is 42.8 Å². The molecule has 0 aliphatic rings. The quantitative estimate of drug-likeness (QED) is 0.409. The second kappa shape index (κ2) is 5.14. The predicted molar refractivity (Wildman–Crippen MR) is 45.6 cm³/mol. The Labute approximate surface area is 106 Å². The van der Waals surface area contributed by atoms with Crippen molar-refractivity contribution in [3.63, 3.8) is 0 Å². The van der Waals surface area contributed by atoms with Crippen LogP contribution in [0.3, 0.4) is 0 Å². The van der Waals surface area contributed by atoms with E-state index in [0.717, 1.165) is 0 Å². The third-order valence-electron chi connectivity index (χ3n) is 0.933. The molecule has 0 saturated carbocycles. The van der Waals surface area contributed by atoms with Crippen LogP contribution in [0, 0.1) is 0 Å². The van der Waals surface area contributed by atoms with E-state index in [1.165, 1.54) is 6.92 Å². The average molecular weight is 245 g/mol. The smallest absolute Gasteiger partial charge is 0.301 e. The molecule has 1 heterocycles. The fraction of sp³-hybridized carbons (Fsp3) is 0.250. The average Bonchev–Trinajstić information content (AvgIpc) is 2.32. The van der Waals surface area contributed by atoms with Gasteiger partial charge in [-0.3, -0.25) is 4.79 Å². The number of hydrogen-bond donors (Lipinski definition) is 2. The van der Waals surface area contributed by atoms with Gasteiger partial charge in [-0.25, -0.2) is 13.6 Å². The second-order valence-electron chi connectivity index (χ2n) is 2.10. The molecule has 1 rings (SSSR count). The number of hydrogen-bond acceptors (Lipinski definition) is 6. The van der Waals surface area contributed by atoms with Crippen LogP contribution >= 0.6 is 11.3 Å². The van der Waals surface area contributed by atoms with Crippen molar-refractivity contribution in [1.29, 1.82) is 0 Å². The Bertz CT molecular complexity index is 428. The van der Waals surface area contributed by atoms with E-state index in [1.54, 1.807) is 0 Å². The Hall–Kier alpha value is -0.0600. The maximum absolute atomic E-state index is 10.7. The van der Waals surface area contributed by atoms with Gasteiger partial charge < -0.3 is 5.32 Å². The Morgan fingerprint density at radius 3 is 2.43 bits per heavy atom. The molecule has 7 nitrogen and oxygen atoms in total. The number of nitrogens with zero attached hydrogens (tertiary/aromatic N) is 2. The first-order valence-corrected chi connectivity index (χ1v) is 5.40. The van der Waals surface area contributed by atoms with Crippen molar-refractivity contribution in [3.05, 3.63) is 0 Å². The SMILES string of the molecule is CC(=O)Nc1nnc(S(N)(=O)=O)s1.[Na+]. The third kappa shape index (κ3) is 3.98. The van der Waals surface area contributed by atoms with Crippen LogP contribution in [0.15, 0.2) is 4.34 Å². The largest absolute Gasteiger partial charge is 1.00 e. The molecule has 0 bridgehead atoms. The van der Waals surface area contributed by atoms with Gasteiger partial charge >= 0.3 is 29.6 Å². The molecule has 0 unspecified atom stereocenters. The zero-order chi connectivity index (χ0) is 10.1. The number of nitrogens with two attached hydrogens (primary N) is 1. The summed E-state index contributed by atoms with van der Waals surface area (Å²) >= 11 is 0.701. The molecule has 72 valence electrons. The third-order valence-corrected chi connectivity index (χ3v) is 3.08. The van der Waals surface area contributed by atoms with Gasteiger partial charge in [0.15, 0.2) is 0 Å². The van der Waals surface area contributed by atoms with Crippen molar-refractivity contribution in [1.82, 2.24) is 10.2 Å². The van der Waals surface area contributed by atoms with Gasteiger partial charge in [-0.05, 0) is 0 Å². The molecule has 0 aromatic carbocycles. The maximum Gasteiger partial charge on any atom is 1.00 e. The standard InChI is InChI=1S/C4H6N4O3S2.Na/c1-2(9)6-3-7-8-4(12-3)13(5,10)11;/h1H3,(H2,5,10,11)(H,6,7,9);/q;+1. The summed E-state index contributed by atoms with van der Waals surface area (Å²) in [6, 6.07) is 0. The number of carbonyl (C=O) groups is 1. The van der Waals surface area contributed by atoms with Crippen LogP contribution in [0.4, 0.5) is 5.13 Å². The zero-order valence-corrected chi connectivity index (χ0v) is 11.1. The van der Waals surface area contributed by atoms with Gasteiger partial charge in [-0.2, -0.15) is 0 Å². The van der Waals surface area contributed by atoms with Crippen molar-refractivity contribution in [3.8, 4) is 0 Å². The predicted octanol–water partition coefficient (Wildman–Crippen LogP) is -3.85. The van der Waals surface area contributed by atoms with E-state index < -0.39 is 10.0 Å². The van der Waals surface area contributed by atoms with Crippen LogP contribution in [0.25, 0.3) is 0 Å². The normalized spacial score (nSPS) is 10.4. The first kappa shape index (κ1) is 13.9. The van der Waals surface area contributed by atoms with E-state index in [4.69, 9.17) is 5.14 Å². The summed E-state index contributed by atoms with van der Waals surface area (Å²) in [6.07, 6.45) is 0. The molecule has 3 N–H and O–H groups in total. The van der Waals surface area contributed by atoms with Crippen LogP contribution in [-0.4, -0.2) is 24.5 Å². The molecule has 14 heavy (non-hydrogen) atoms. The van der Waals surface area contributed by atoms with Gasteiger partial charge in [0, 0.05) is 6.92 Å². The fourth-order valence-corrected chi connectivity index (χ4v) is 1.91. The molecule has 0 aliphatic carbocycles. The molecule has 1 aromatic heterocycles. The number of sulfonamides is 1. The topological polar surface area (TPSA) is 115 Å². The summed E-state index contributed by atoms with van der Waals surface area (Å²) in [5, 5.41) is 13.8. The Kier molecular flexibility index (Phi) is 5.12. The minimum Gasteiger partial charge on any atom is -0.301 e. The molecule has 0 saturated heterocycles. The van der Waals surface area contributed by atoms with E-state index in [9.17, 15) is 13.2 Å². The minimum absolute atomic E-state index is 0. The monoisotopic (exact) mass is 245 g/mol. The van der Waals surface area contributed by atoms with E-state index in [1.807, 2.05) is 0 Å². The molecular formula is C4H6N4NaO3S2+. The summed E-state index contributed by atoms with van der Waals surface area (Å²) in [7, 11) is -3.82. The number of amides is 1. The molecule has 1 aromatic rings. The van der Waals surface area contributed by atoms with Gasteiger partial charge in [0.25, 0.3) is 10.0 Å². The van der Waals surface area contributed by atoms with Crippen LogP contribution in [0.5, 0.6) is 0 Å². The minimum atomic E-state index is -3.82. The van der Waals surface area contributed by atoms with Crippen molar-refractivity contribution in [2.45, 2.75) is 11.3 Å².